The number of hydrogen-bond acceptors (Lipinski definition) is 5. The minimum atomic E-state index is 0.00774. The van der Waals surface area contributed by atoms with Crippen molar-refractivity contribution in [3.8, 4) is 11.5 Å². The lowest BCUT2D eigenvalue weighted by Crippen LogP contribution is -2.40. The van der Waals surface area contributed by atoms with Crippen LogP contribution in [-0.4, -0.2) is 65.4 Å². The Balaban J connectivity index is 1.09. The lowest BCUT2D eigenvalue weighted by Gasteiger charge is -2.32. The number of fused-ring (bicyclic) bond motifs is 1. The standard InChI is InChI=1S/C29H36N4O3/c1-21(32-15-5-6-16-32)11-14-30-27(34)19-22-12-17-33(18-13-22)29(35)24-9-10-25-26(20-24)36-28(31-25)23-7-3-2-4-8-23/h2-4,7-10,20-22H,5-6,11-19H2,1H3,(H,30,34). The predicted molar refractivity (Wildman–Crippen MR) is 141 cm³/mol. The van der Waals surface area contributed by atoms with Crippen molar-refractivity contribution < 1.29 is 14.0 Å². The first-order valence-corrected chi connectivity index (χ1v) is 13.3. The maximum Gasteiger partial charge on any atom is 0.253 e. The molecular formula is C29H36N4O3. The highest BCUT2D eigenvalue weighted by molar-refractivity contribution is 5.97. The Labute approximate surface area is 212 Å². The molecule has 0 spiro atoms. The van der Waals surface area contributed by atoms with E-state index < -0.39 is 0 Å². The number of benzene rings is 2. The van der Waals surface area contributed by atoms with Crippen LogP contribution in [0, 0.1) is 5.92 Å². The van der Waals surface area contributed by atoms with Crippen molar-refractivity contribution >= 4 is 22.9 Å². The van der Waals surface area contributed by atoms with Crippen LogP contribution >= 0.6 is 0 Å². The third kappa shape index (κ3) is 5.78. The van der Waals surface area contributed by atoms with Crippen molar-refractivity contribution in [3.05, 3.63) is 54.1 Å². The first-order valence-electron chi connectivity index (χ1n) is 13.3. The molecule has 0 bridgehead atoms. The van der Waals surface area contributed by atoms with E-state index >= 15 is 0 Å². The summed E-state index contributed by atoms with van der Waals surface area (Å²) in [5.74, 6) is 1.03. The molecule has 36 heavy (non-hydrogen) atoms. The number of carbonyl (C=O) groups excluding carboxylic acids is 2. The Hall–Kier alpha value is -3.19. The second-order valence-corrected chi connectivity index (χ2v) is 10.2. The van der Waals surface area contributed by atoms with Gasteiger partial charge in [-0.3, -0.25) is 9.59 Å². The molecule has 1 aromatic heterocycles. The van der Waals surface area contributed by atoms with Crippen LogP contribution < -0.4 is 5.32 Å². The Morgan fingerprint density at radius 1 is 1.06 bits per heavy atom. The maximum atomic E-state index is 13.1. The van der Waals surface area contributed by atoms with Crippen LogP contribution in [0.4, 0.5) is 0 Å². The van der Waals surface area contributed by atoms with E-state index in [-0.39, 0.29) is 11.8 Å². The number of hydrogen-bond donors (Lipinski definition) is 1. The van der Waals surface area contributed by atoms with Gasteiger partial charge in [-0.15, -0.1) is 0 Å². The number of nitrogens with one attached hydrogen (secondary N) is 1. The van der Waals surface area contributed by atoms with Crippen molar-refractivity contribution in [2.75, 3.05) is 32.7 Å². The van der Waals surface area contributed by atoms with E-state index in [0.717, 1.165) is 36.9 Å². The molecule has 3 heterocycles. The summed E-state index contributed by atoms with van der Waals surface area (Å²) in [5, 5.41) is 3.11. The molecule has 0 aliphatic carbocycles. The predicted octanol–water partition coefficient (Wildman–Crippen LogP) is 4.73. The average Bonchev–Trinajstić information content (AvgIpc) is 3.59. The molecule has 2 amide bonds. The second kappa shape index (κ2) is 11.2. The van der Waals surface area contributed by atoms with Gasteiger partial charge in [0.15, 0.2) is 5.58 Å². The normalized spacial score (nSPS) is 18.0. The highest BCUT2D eigenvalue weighted by atomic mass is 16.3. The molecule has 1 N–H and O–H groups in total. The van der Waals surface area contributed by atoms with Crippen LogP contribution in [0.1, 0.15) is 55.8 Å². The molecular weight excluding hydrogens is 452 g/mol. The van der Waals surface area contributed by atoms with E-state index in [0.29, 0.717) is 48.5 Å². The van der Waals surface area contributed by atoms with E-state index in [1.807, 2.05) is 47.4 Å². The van der Waals surface area contributed by atoms with Crippen molar-refractivity contribution in [2.24, 2.45) is 5.92 Å². The number of carbonyl (C=O) groups is 2. The molecule has 1 unspecified atom stereocenters. The van der Waals surface area contributed by atoms with Gasteiger partial charge >= 0.3 is 0 Å². The van der Waals surface area contributed by atoms with Crippen LogP contribution in [0.2, 0.25) is 0 Å². The van der Waals surface area contributed by atoms with Crippen molar-refractivity contribution in [1.29, 1.82) is 0 Å². The molecule has 7 nitrogen and oxygen atoms in total. The van der Waals surface area contributed by atoms with Crippen molar-refractivity contribution in [3.63, 3.8) is 0 Å². The third-order valence-corrected chi connectivity index (χ3v) is 7.68. The zero-order valence-electron chi connectivity index (χ0n) is 21.1. The Bertz CT molecular complexity index is 1180. The number of rotatable bonds is 8. The monoisotopic (exact) mass is 488 g/mol. The Morgan fingerprint density at radius 2 is 1.81 bits per heavy atom. The highest BCUT2D eigenvalue weighted by Gasteiger charge is 2.26. The molecule has 5 rings (SSSR count). The van der Waals surface area contributed by atoms with Gasteiger partial charge in [-0.2, -0.15) is 0 Å². The summed E-state index contributed by atoms with van der Waals surface area (Å²) in [6, 6.07) is 15.8. The van der Waals surface area contributed by atoms with Gasteiger partial charge in [0, 0.05) is 43.2 Å². The maximum absolute atomic E-state index is 13.1. The molecule has 1 atom stereocenters. The van der Waals surface area contributed by atoms with E-state index in [1.165, 1.54) is 25.9 Å². The Morgan fingerprint density at radius 3 is 2.56 bits per heavy atom. The molecule has 0 saturated carbocycles. The van der Waals surface area contributed by atoms with E-state index in [4.69, 9.17) is 4.42 Å². The number of aromatic nitrogens is 1. The first-order chi connectivity index (χ1) is 17.6. The molecule has 2 fully saturated rings. The van der Waals surface area contributed by atoms with E-state index in [9.17, 15) is 9.59 Å². The van der Waals surface area contributed by atoms with Crippen molar-refractivity contribution in [2.45, 2.75) is 51.5 Å². The van der Waals surface area contributed by atoms with Crippen LogP contribution in [0.15, 0.2) is 52.9 Å². The lowest BCUT2D eigenvalue weighted by molar-refractivity contribution is -0.122. The van der Waals surface area contributed by atoms with Gasteiger partial charge < -0.3 is 19.5 Å². The highest BCUT2D eigenvalue weighted by Crippen LogP contribution is 2.26. The van der Waals surface area contributed by atoms with E-state index in [1.54, 1.807) is 6.07 Å². The lowest BCUT2D eigenvalue weighted by atomic mass is 9.93. The van der Waals surface area contributed by atoms with Gasteiger partial charge in [0.25, 0.3) is 5.91 Å². The summed E-state index contributed by atoms with van der Waals surface area (Å²) in [4.78, 5) is 34.6. The Kier molecular flexibility index (Phi) is 7.66. The van der Waals surface area contributed by atoms with Crippen LogP contribution in [0.25, 0.3) is 22.6 Å². The quantitative estimate of drug-likeness (QED) is 0.496. The molecule has 2 saturated heterocycles. The van der Waals surface area contributed by atoms with E-state index in [2.05, 4.69) is 22.1 Å². The SMILES string of the molecule is CC(CCNC(=O)CC1CCN(C(=O)c2ccc3nc(-c4ccccc4)oc3c2)CC1)N1CCCC1. The van der Waals surface area contributed by atoms with Crippen LogP contribution in [-0.2, 0) is 4.79 Å². The number of oxazole rings is 1. The average molecular weight is 489 g/mol. The fourth-order valence-electron chi connectivity index (χ4n) is 5.40. The summed E-state index contributed by atoms with van der Waals surface area (Å²) < 4.78 is 5.94. The van der Waals surface area contributed by atoms with Gasteiger partial charge in [-0.1, -0.05) is 18.2 Å². The summed E-state index contributed by atoms with van der Waals surface area (Å²) in [5.41, 5.74) is 2.88. The molecule has 0 radical (unpaired) electrons. The van der Waals surface area contributed by atoms with Gasteiger partial charge in [-0.05, 0) is 88.4 Å². The minimum absolute atomic E-state index is 0.00774. The fourth-order valence-corrected chi connectivity index (χ4v) is 5.40. The molecule has 2 aliphatic heterocycles. The van der Waals surface area contributed by atoms with Crippen molar-refractivity contribution in [1.82, 2.24) is 20.1 Å². The molecule has 2 aromatic carbocycles. The topological polar surface area (TPSA) is 78.7 Å². The summed E-state index contributed by atoms with van der Waals surface area (Å²) in [6.45, 7) is 6.72. The summed E-state index contributed by atoms with van der Waals surface area (Å²) >= 11 is 0. The number of likely N-dealkylation sites (tertiary alicyclic amines) is 2. The minimum Gasteiger partial charge on any atom is -0.436 e. The molecule has 2 aliphatic rings. The fraction of sp³-hybridized carbons (Fsp3) is 0.483. The summed E-state index contributed by atoms with van der Waals surface area (Å²) in [7, 11) is 0. The molecule has 3 aromatic rings. The number of amides is 2. The largest absolute Gasteiger partial charge is 0.436 e. The van der Waals surface area contributed by atoms with Gasteiger partial charge in [0.05, 0.1) is 0 Å². The number of piperidine rings is 1. The number of nitrogens with zero attached hydrogens (tertiary/aromatic N) is 3. The smallest absolute Gasteiger partial charge is 0.253 e. The molecule has 7 heteroatoms. The zero-order valence-corrected chi connectivity index (χ0v) is 21.1. The second-order valence-electron chi connectivity index (χ2n) is 10.2. The van der Waals surface area contributed by atoms with Gasteiger partial charge in [-0.25, -0.2) is 4.98 Å². The first kappa shape index (κ1) is 24.5. The van der Waals surface area contributed by atoms with Gasteiger partial charge in [0.2, 0.25) is 11.8 Å². The zero-order chi connectivity index (χ0) is 24.9. The van der Waals surface area contributed by atoms with Gasteiger partial charge in [0.1, 0.15) is 5.52 Å². The van der Waals surface area contributed by atoms with Crippen LogP contribution in [0.3, 0.4) is 0 Å². The van der Waals surface area contributed by atoms with Crippen LogP contribution in [0.5, 0.6) is 0 Å². The summed E-state index contributed by atoms with van der Waals surface area (Å²) in [6.07, 6.45) is 5.84. The molecule has 190 valence electrons. The third-order valence-electron chi connectivity index (χ3n) is 7.68.